The number of aromatic amines is 1. The Morgan fingerprint density at radius 1 is 1.21 bits per heavy atom. The molecular formula is C22H30N4O3. The molecular weight excluding hydrogens is 368 g/mol. The molecule has 1 aromatic rings. The van der Waals surface area contributed by atoms with Crippen LogP contribution in [0.3, 0.4) is 0 Å². The number of hydrogen-bond donors (Lipinski definition) is 1. The molecule has 29 heavy (non-hydrogen) atoms. The van der Waals surface area contributed by atoms with Gasteiger partial charge in [-0.2, -0.15) is 0 Å². The molecule has 0 aromatic carbocycles. The molecule has 0 saturated carbocycles. The highest BCUT2D eigenvalue weighted by molar-refractivity contribution is 5.77. The highest BCUT2D eigenvalue weighted by Crippen LogP contribution is 2.44. The lowest BCUT2D eigenvalue weighted by Crippen LogP contribution is -2.45. The molecule has 2 aliphatic carbocycles. The van der Waals surface area contributed by atoms with Gasteiger partial charge in [-0.15, -0.1) is 0 Å². The van der Waals surface area contributed by atoms with Crippen LogP contribution in [0.5, 0.6) is 0 Å². The van der Waals surface area contributed by atoms with Crippen molar-refractivity contribution in [1.29, 1.82) is 0 Å². The summed E-state index contributed by atoms with van der Waals surface area (Å²) in [5, 5.41) is 0. The molecule has 156 valence electrons. The molecule has 2 aliphatic heterocycles. The number of H-pyrrole nitrogens is 1. The van der Waals surface area contributed by atoms with E-state index in [1.165, 1.54) is 0 Å². The van der Waals surface area contributed by atoms with Gasteiger partial charge in [0.15, 0.2) is 0 Å². The van der Waals surface area contributed by atoms with Crippen molar-refractivity contribution in [2.75, 3.05) is 44.3 Å². The van der Waals surface area contributed by atoms with Crippen molar-refractivity contribution in [3.05, 3.63) is 33.8 Å². The Balaban J connectivity index is 1.32. The number of carbonyl (C=O) groups excluding carboxylic acids is 1. The zero-order valence-electron chi connectivity index (χ0n) is 17.0. The van der Waals surface area contributed by atoms with Gasteiger partial charge in [0.25, 0.3) is 5.56 Å². The highest BCUT2D eigenvalue weighted by atomic mass is 16.5. The Morgan fingerprint density at radius 2 is 2.00 bits per heavy atom. The number of rotatable bonds is 3. The average Bonchev–Trinajstić information content (AvgIpc) is 3.38. The van der Waals surface area contributed by atoms with Crippen LogP contribution in [0.4, 0.5) is 5.95 Å². The van der Waals surface area contributed by atoms with Crippen LogP contribution in [0.25, 0.3) is 0 Å². The van der Waals surface area contributed by atoms with Crippen LogP contribution < -0.4 is 10.5 Å². The minimum absolute atomic E-state index is 0.0138. The minimum Gasteiger partial charge on any atom is -0.378 e. The standard InChI is InChI=1S/C22H30N4O3/c27-18(15-16-3-1-2-4-16)25-9-7-22(8-10-25)6-5-17-19(22)23-21(24-20(17)28)26-11-13-29-14-12-26/h1,3,16H,2,4-15H2,(H,23,24,28). The normalized spacial score (nSPS) is 25.6. The summed E-state index contributed by atoms with van der Waals surface area (Å²) in [6.45, 7) is 4.39. The second-order valence-electron chi connectivity index (χ2n) is 8.95. The van der Waals surface area contributed by atoms with Gasteiger partial charge >= 0.3 is 0 Å². The monoisotopic (exact) mass is 398 g/mol. The quantitative estimate of drug-likeness (QED) is 0.785. The number of fused-ring (bicyclic) bond motifs is 2. The summed E-state index contributed by atoms with van der Waals surface area (Å²) in [6, 6.07) is 0. The first-order chi connectivity index (χ1) is 14.1. The van der Waals surface area contributed by atoms with Crippen LogP contribution in [-0.2, 0) is 21.4 Å². The van der Waals surface area contributed by atoms with E-state index in [2.05, 4.69) is 22.0 Å². The zero-order chi connectivity index (χ0) is 19.8. The van der Waals surface area contributed by atoms with Crippen molar-refractivity contribution in [2.24, 2.45) is 5.92 Å². The molecule has 5 rings (SSSR count). The van der Waals surface area contributed by atoms with E-state index in [0.717, 1.165) is 76.0 Å². The van der Waals surface area contributed by atoms with Gasteiger partial charge in [0.2, 0.25) is 11.9 Å². The fourth-order valence-electron chi connectivity index (χ4n) is 5.45. The van der Waals surface area contributed by atoms with Crippen LogP contribution in [0.2, 0.25) is 0 Å². The highest BCUT2D eigenvalue weighted by Gasteiger charge is 2.45. The molecule has 1 atom stereocenters. The first kappa shape index (κ1) is 18.9. The maximum Gasteiger partial charge on any atom is 0.255 e. The van der Waals surface area contributed by atoms with Gasteiger partial charge in [-0.1, -0.05) is 12.2 Å². The van der Waals surface area contributed by atoms with Gasteiger partial charge in [0, 0.05) is 43.6 Å². The van der Waals surface area contributed by atoms with Gasteiger partial charge in [-0.3, -0.25) is 14.6 Å². The number of likely N-dealkylation sites (tertiary alicyclic amines) is 1. The van der Waals surface area contributed by atoms with Gasteiger partial charge < -0.3 is 14.5 Å². The molecule has 1 amide bonds. The number of aromatic nitrogens is 2. The van der Waals surface area contributed by atoms with Gasteiger partial charge in [-0.25, -0.2) is 4.98 Å². The summed E-state index contributed by atoms with van der Waals surface area (Å²) in [7, 11) is 0. The van der Waals surface area contributed by atoms with E-state index in [9.17, 15) is 9.59 Å². The molecule has 2 fully saturated rings. The molecule has 0 radical (unpaired) electrons. The van der Waals surface area contributed by atoms with E-state index >= 15 is 0 Å². The summed E-state index contributed by atoms with van der Waals surface area (Å²) < 4.78 is 5.43. The second-order valence-corrected chi connectivity index (χ2v) is 8.95. The Kier molecular flexibility index (Phi) is 4.94. The number of morpholine rings is 1. The lowest BCUT2D eigenvalue weighted by molar-refractivity contribution is -0.133. The Bertz CT molecular complexity index is 863. The Labute approximate surface area is 171 Å². The van der Waals surface area contributed by atoms with Crippen LogP contribution in [0, 0.1) is 5.92 Å². The Hall–Kier alpha value is -2.15. The van der Waals surface area contributed by atoms with E-state index in [0.29, 0.717) is 31.5 Å². The molecule has 1 N–H and O–H groups in total. The third-order valence-electron chi connectivity index (χ3n) is 7.29. The predicted octanol–water partition coefficient (Wildman–Crippen LogP) is 1.77. The van der Waals surface area contributed by atoms with Crippen LogP contribution in [0.15, 0.2) is 16.9 Å². The van der Waals surface area contributed by atoms with Crippen molar-refractivity contribution >= 4 is 11.9 Å². The average molecular weight is 399 g/mol. The van der Waals surface area contributed by atoms with Crippen molar-refractivity contribution in [1.82, 2.24) is 14.9 Å². The predicted molar refractivity (Wildman–Crippen MR) is 110 cm³/mol. The van der Waals surface area contributed by atoms with E-state index in [-0.39, 0.29) is 16.9 Å². The third-order valence-corrected chi connectivity index (χ3v) is 7.29. The van der Waals surface area contributed by atoms with Crippen molar-refractivity contribution in [3.8, 4) is 0 Å². The van der Waals surface area contributed by atoms with Gasteiger partial charge in [0.1, 0.15) is 0 Å². The van der Waals surface area contributed by atoms with Gasteiger partial charge in [-0.05, 0) is 44.4 Å². The molecule has 2 saturated heterocycles. The maximum atomic E-state index is 12.7. The molecule has 7 heteroatoms. The number of ether oxygens (including phenoxy) is 1. The van der Waals surface area contributed by atoms with E-state index in [1.807, 2.05) is 4.90 Å². The number of anilines is 1. The number of carbonyl (C=O) groups is 1. The summed E-state index contributed by atoms with van der Waals surface area (Å²) in [4.78, 5) is 37.6. The lowest BCUT2D eigenvalue weighted by Gasteiger charge is -2.40. The van der Waals surface area contributed by atoms with Crippen molar-refractivity contribution in [2.45, 2.75) is 50.4 Å². The molecule has 1 unspecified atom stereocenters. The zero-order valence-corrected chi connectivity index (χ0v) is 17.0. The minimum atomic E-state index is -0.0470. The molecule has 3 heterocycles. The smallest absolute Gasteiger partial charge is 0.255 e. The molecule has 1 spiro atoms. The SMILES string of the molecule is O=C(CC1C=CCC1)N1CCC2(CCc3c2nc(N2CCOCC2)[nH]c3=O)CC1. The van der Waals surface area contributed by atoms with Gasteiger partial charge in [0.05, 0.1) is 18.9 Å². The number of piperidine rings is 1. The summed E-state index contributed by atoms with van der Waals surface area (Å²) in [5.74, 6) is 1.38. The number of hydrogen-bond acceptors (Lipinski definition) is 5. The molecule has 4 aliphatic rings. The fourth-order valence-corrected chi connectivity index (χ4v) is 5.45. The van der Waals surface area contributed by atoms with Crippen LogP contribution >= 0.6 is 0 Å². The number of allylic oxidation sites excluding steroid dienone is 2. The number of nitrogens with one attached hydrogen (secondary N) is 1. The number of amides is 1. The topological polar surface area (TPSA) is 78.5 Å². The Morgan fingerprint density at radius 3 is 2.72 bits per heavy atom. The second kappa shape index (κ2) is 7.59. The lowest BCUT2D eigenvalue weighted by atomic mass is 9.76. The summed E-state index contributed by atoms with van der Waals surface area (Å²) >= 11 is 0. The first-order valence-electron chi connectivity index (χ1n) is 11.1. The molecule has 0 bridgehead atoms. The fraction of sp³-hybridized carbons (Fsp3) is 0.682. The van der Waals surface area contributed by atoms with E-state index in [4.69, 9.17) is 9.72 Å². The first-order valence-corrected chi connectivity index (χ1v) is 11.1. The van der Waals surface area contributed by atoms with Crippen LogP contribution in [0.1, 0.15) is 49.8 Å². The molecule has 1 aromatic heterocycles. The van der Waals surface area contributed by atoms with Crippen molar-refractivity contribution in [3.63, 3.8) is 0 Å². The summed E-state index contributed by atoms with van der Waals surface area (Å²) in [6.07, 6.45) is 10.8. The van der Waals surface area contributed by atoms with E-state index in [1.54, 1.807) is 0 Å². The third kappa shape index (κ3) is 3.50. The number of nitrogens with zero attached hydrogens (tertiary/aromatic N) is 3. The summed E-state index contributed by atoms with van der Waals surface area (Å²) in [5.41, 5.74) is 1.82. The van der Waals surface area contributed by atoms with Crippen molar-refractivity contribution < 1.29 is 9.53 Å². The van der Waals surface area contributed by atoms with Crippen LogP contribution in [-0.4, -0.2) is 60.2 Å². The van der Waals surface area contributed by atoms with E-state index < -0.39 is 0 Å². The largest absolute Gasteiger partial charge is 0.378 e. The maximum absolute atomic E-state index is 12.7. The molecule has 7 nitrogen and oxygen atoms in total.